The Bertz CT molecular complexity index is 635. The maximum atomic E-state index is 11.4. The molecule has 1 heterocycles. The molecule has 1 amide bonds. The topological polar surface area (TPSA) is 55.6 Å². The minimum atomic E-state index is -0.703. The van der Waals surface area contributed by atoms with Crippen LogP contribution in [0.15, 0.2) is 60.7 Å². The number of carbonyl (C=O) groups excluding carboxylic acids is 1. The van der Waals surface area contributed by atoms with Crippen molar-refractivity contribution in [2.24, 2.45) is 5.73 Å². The van der Waals surface area contributed by atoms with E-state index in [0.717, 1.165) is 38.0 Å². The number of nitrogens with zero attached hydrogens (tertiary/aromatic N) is 1. The Morgan fingerprint density at radius 1 is 1.00 bits per heavy atom. The van der Waals surface area contributed by atoms with Crippen molar-refractivity contribution in [1.82, 2.24) is 4.90 Å². The molecule has 0 radical (unpaired) electrons. The lowest BCUT2D eigenvalue weighted by atomic mass is 9.84. The first kappa shape index (κ1) is 15.6. The zero-order chi connectivity index (χ0) is 16.1. The first-order valence-electron chi connectivity index (χ1n) is 7.98. The Hall–Kier alpha value is -2.33. The van der Waals surface area contributed by atoms with E-state index in [9.17, 15) is 4.79 Å². The van der Waals surface area contributed by atoms with Crippen molar-refractivity contribution in [3.63, 3.8) is 0 Å². The summed E-state index contributed by atoms with van der Waals surface area (Å²) in [5, 5.41) is 0. The summed E-state index contributed by atoms with van der Waals surface area (Å²) in [6.07, 6.45) is 0.810. The summed E-state index contributed by atoms with van der Waals surface area (Å²) < 4.78 is 5.58. The van der Waals surface area contributed by atoms with Gasteiger partial charge < -0.3 is 10.5 Å². The maximum absolute atomic E-state index is 11.4. The molecule has 1 aliphatic rings. The zero-order valence-corrected chi connectivity index (χ0v) is 13.2. The highest BCUT2D eigenvalue weighted by Gasteiger charge is 2.39. The largest absolute Gasteiger partial charge is 0.438 e. The Morgan fingerprint density at radius 3 is 2.13 bits per heavy atom. The smallest absolute Gasteiger partial charge is 0.405 e. The number of piperidine rings is 1. The van der Waals surface area contributed by atoms with Crippen molar-refractivity contribution in [3.05, 3.63) is 71.8 Å². The molecule has 1 aliphatic heterocycles. The lowest BCUT2D eigenvalue weighted by molar-refractivity contribution is -0.0380. The molecule has 2 aromatic carbocycles. The lowest BCUT2D eigenvalue weighted by Gasteiger charge is -2.41. The number of ether oxygens (including phenoxy) is 1. The summed E-state index contributed by atoms with van der Waals surface area (Å²) in [4.78, 5) is 13.8. The molecular weight excluding hydrogens is 288 g/mol. The third-order valence-electron chi connectivity index (χ3n) is 4.51. The number of nitrogens with two attached hydrogens (primary N) is 1. The van der Waals surface area contributed by atoms with Gasteiger partial charge in [-0.1, -0.05) is 60.7 Å². The molecule has 23 heavy (non-hydrogen) atoms. The molecule has 0 aromatic heterocycles. The van der Waals surface area contributed by atoms with Crippen LogP contribution in [0.2, 0.25) is 0 Å². The molecule has 4 nitrogen and oxygen atoms in total. The quantitative estimate of drug-likeness (QED) is 0.943. The number of amides is 1. The van der Waals surface area contributed by atoms with E-state index in [2.05, 4.69) is 29.2 Å². The maximum Gasteiger partial charge on any atom is 0.405 e. The van der Waals surface area contributed by atoms with Gasteiger partial charge in [-0.3, -0.25) is 4.90 Å². The van der Waals surface area contributed by atoms with E-state index in [4.69, 9.17) is 10.5 Å². The van der Waals surface area contributed by atoms with Crippen LogP contribution in [0, 0.1) is 0 Å². The van der Waals surface area contributed by atoms with Crippen LogP contribution in [-0.4, -0.2) is 24.1 Å². The third-order valence-corrected chi connectivity index (χ3v) is 4.51. The molecule has 4 heteroatoms. The normalized spacial score (nSPS) is 17.6. The molecule has 1 saturated heterocycles. The summed E-state index contributed by atoms with van der Waals surface area (Å²) in [5.74, 6) is 0. The Balaban J connectivity index is 1.71. The van der Waals surface area contributed by atoms with E-state index in [1.165, 1.54) is 5.56 Å². The van der Waals surface area contributed by atoms with E-state index < -0.39 is 11.7 Å². The number of likely N-dealkylation sites (tertiary alicyclic amines) is 1. The standard InChI is InChI=1S/C19H22N2O2/c20-18(22)23-19(17-9-5-2-6-10-17)11-13-21(14-12-19)15-16-7-3-1-4-8-16/h1-10H,11-15H2,(H2,20,22). The van der Waals surface area contributed by atoms with Gasteiger partial charge in [-0.25, -0.2) is 4.79 Å². The second-order valence-corrected chi connectivity index (χ2v) is 6.04. The highest BCUT2D eigenvalue weighted by atomic mass is 16.6. The second-order valence-electron chi connectivity index (χ2n) is 6.04. The van der Waals surface area contributed by atoms with E-state index in [0.29, 0.717) is 0 Å². The molecule has 0 atom stereocenters. The first-order valence-corrected chi connectivity index (χ1v) is 7.98. The molecule has 0 unspecified atom stereocenters. The summed E-state index contributed by atoms with van der Waals surface area (Å²) in [7, 11) is 0. The van der Waals surface area contributed by atoms with E-state index in [1.54, 1.807) is 0 Å². The van der Waals surface area contributed by atoms with Crippen molar-refractivity contribution in [1.29, 1.82) is 0 Å². The van der Waals surface area contributed by atoms with Crippen molar-refractivity contribution >= 4 is 6.09 Å². The average Bonchev–Trinajstić information content (AvgIpc) is 2.58. The fourth-order valence-corrected chi connectivity index (χ4v) is 3.30. The van der Waals surface area contributed by atoms with Crippen LogP contribution in [0.1, 0.15) is 24.0 Å². The van der Waals surface area contributed by atoms with Gasteiger partial charge in [0.25, 0.3) is 0 Å². The Kier molecular flexibility index (Phi) is 4.63. The van der Waals surface area contributed by atoms with Crippen LogP contribution >= 0.6 is 0 Å². The second kappa shape index (κ2) is 6.84. The van der Waals surface area contributed by atoms with Crippen molar-refractivity contribution in [3.8, 4) is 0 Å². The predicted molar refractivity (Wildman–Crippen MR) is 89.7 cm³/mol. The Labute approximate surface area is 136 Å². The molecule has 3 rings (SSSR count). The van der Waals surface area contributed by atoms with Gasteiger partial charge in [0, 0.05) is 32.5 Å². The fourth-order valence-electron chi connectivity index (χ4n) is 3.30. The summed E-state index contributed by atoms with van der Waals surface area (Å²) >= 11 is 0. The van der Waals surface area contributed by atoms with E-state index >= 15 is 0 Å². The number of rotatable bonds is 4. The van der Waals surface area contributed by atoms with Crippen LogP contribution in [0.5, 0.6) is 0 Å². The number of carbonyl (C=O) groups is 1. The molecule has 0 bridgehead atoms. The molecule has 0 aliphatic carbocycles. The molecule has 1 fully saturated rings. The summed E-state index contributed by atoms with van der Waals surface area (Å²) in [6.45, 7) is 2.66. The van der Waals surface area contributed by atoms with Crippen molar-refractivity contribution in [2.45, 2.75) is 25.0 Å². The van der Waals surface area contributed by atoms with Gasteiger partial charge in [0.15, 0.2) is 0 Å². The molecule has 0 spiro atoms. The minimum Gasteiger partial charge on any atom is -0.438 e. The zero-order valence-electron chi connectivity index (χ0n) is 13.2. The molecular formula is C19H22N2O2. The van der Waals surface area contributed by atoms with Crippen LogP contribution in [0.3, 0.4) is 0 Å². The number of hydrogen-bond donors (Lipinski definition) is 1. The van der Waals surface area contributed by atoms with Gasteiger partial charge in [0.1, 0.15) is 5.60 Å². The van der Waals surface area contributed by atoms with E-state index in [-0.39, 0.29) is 0 Å². The molecule has 2 aromatic rings. The SMILES string of the molecule is NC(=O)OC1(c2ccccc2)CCN(Cc2ccccc2)CC1. The van der Waals surface area contributed by atoms with Crippen molar-refractivity contribution in [2.75, 3.05) is 13.1 Å². The predicted octanol–water partition coefficient (Wildman–Crippen LogP) is 3.27. The van der Waals surface area contributed by atoms with Crippen molar-refractivity contribution < 1.29 is 9.53 Å². The van der Waals surface area contributed by atoms with Crippen LogP contribution in [0.4, 0.5) is 4.79 Å². The Morgan fingerprint density at radius 2 is 1.57 bits per heavy atom. The van der Waals surface area contributed by atoms with Gasteiger partial charge >= 0.3 is 6.09 Å². The number of hydrogen-bond acceptors (Lipinski definition) is 3. The van der Waals surface area contributed by atoms with Gasteiger partial charge in [-0.2, -0.15) is 0 Å². The molecule has 120 valence electrons. The van der Waals surface area contributed by atoms with E-state index in [1.807, 2.05) is 36.4 Å². The molecule has 2 N–H and O–H groups in total. The monoisotopic (exact) mass is 310 g/mol. The number of primary amides is 1. The summed E-state index contributed by atoms with van der Waals surface area (Å²) in [6, 6.07) is 20.3. The van der Waals surface area contributed by atoms with Crippen LogP contribution < -0.4 is 5.73 Å². The van der Waals surface area contributed by atoms with Crippen LogP contribution in [-0.2, 0) is 16.9 Å². The average molecular weight is 310 g/mol. The third kappa shape index (κ3) is 3.71. The minimum absolute atomic E-state index is 0.597. The first-order chi connectivity index (χ1) is 11.2. The summed E-state index contributed by atoms with van der Waals surface area (Å²) in [5.41, 5.74) is 7.06. The highest BCUT2D eigenvalue weighted by molar-refractivity contribution is 5.65. The lowest BCUT2D eigenvalue weighted by Crippen LogP contribution is -2.45. The van der Waals surface area contributed by atoms with Gasteiger partial charge in [-0.05, 0) is 11.1 Å². The fraction of sp³-hybridized carbons (Fsp3) is 0.316. The highest BCUT2D eigenvalue weighted by Crippen LogP contribution is 2.37. The van der Waals surface area contributed by atoms with Gasteiger partial charge in [0.2, 0.25) is 0 Å². The molecule has 0 saturated carbocycles. The van der Waals surface area contributed by atoms with Crippen LogP contribution in [0.25, 0.3) is 0 Å². The van der Waals surface area contributed by atoms with Gasteiger partial charge in [-0.15, -0.1) is 0 Å². The number of benzene rings is 2. The van der Waals surface area contributed by atoms with Gasteiger partial charge in [0.05, 0.1) is 0 Å².